The summed E-state index contributed by atoms with van der Waals surface area (Å²) in [6.07, 6.45) is 0.946. The highest BCUT2D eigenvalue weighted by Gasteiger charge is 2.22. The van der Waals surface area contributed by atoms with Gasteiger partial charge in [0.25, 0.3) is 5.91 Å². The van der Waals surface area contributed by atoms with Crippen LogP contribution in [0.25, 0.3) is 0 Å². The van der Waals surface area contributed by atoms with Crippen molar-refractivity contribution in [2.45, 2.75) is 25.8 Å². The topological polar surface area (TPSA) is 94.1 Å². The molecular formula is C16H22ClNO6. The summed E-state index contributed by atoms with van der Waals surface area (Å²) in [6, 6.07) is 1.82. The zero-order valence-corrected chi connectivity index (χ0v) is 14.7. The molecule has 1 aromatic carbocycles. The van der Waals surface area contributed by atoms with Gasteiger partial charge in [-0.25, -0.2) is 4.79 Å². The molecule has 0 bridgehead atoms. The first-order valence-electron chi connectivity index (χ1n) is 7.47. The second-order valence-electron chi connectivity index (χ2n) is 4.98. The summed E-state index contributed by atoms with van der Waals surface area (Å²) >= 11 is 6.15. The Kier molecular flexibility index (Phi) is 8.35. The first-order valence-corrected chi connectivity index (χ1v) is 7.85. The van der Waals surface area contributed by atoms with Gasteiger partial charge in [0.15, 0.2) is 11.5 Å². The molecule has 0 aliphatic rings. The summed E-state index contributed by atoms with van der Waals surface area (Å²) < 4.78 is 15.6. The Labute approximate surface area is 145 Å². The number of carbonyl (C=O) groups is 2. The molecular weight excluding hydrogens is 338 g/mol. The van der Waals surface area contributed by atoms with Gasteiger partial charge in [-0.2, -0.15) is 0 Å². The largest absolute Gasteiger partial charge is 0.493 e. The second-order valence-corrected chi connectivity index (χ2v) is 5.39. The van der Waals surface area contributed by atoms with Gasteiger partial charge in [0, 0.05) is 25.7 Å². The van der Waals surface area contributed by atoms with E-state index in [0.717, 1.165) is 6.42 Å². The fourth-order valence-electron chi connectivity index (χ4n) is 1.93. The van der Waals surface area contributed by atoms with E-state index in [1.807, 2.05) is 6.92 Å². The number of nitrogens with one attached hydrogen (secondary N) is 1. The number of aliphatic carboxylic acids is 1. The standard InChI is InChI=1S/C16H22ClNO6/c1-4-6-24-14-11(17)8-10(9-13(14)23-3)15(19)18-12(16(20)21)5-7-22-2/h8-9,12H,4-7H2,1-3H3,(H,18,19)(H,20,21). The lowest BCUT2D eigenvalue weighted by Gasteiger charge is -2.16. The molecule has 7 nitrogen and oxygen atoms in total. The van der Waals surface area contributed by atoms with Gasteiger partial charge in [0.1, 0.15) is 6.04 Å². The monoisotopic (exact) mass is 359 g/mol. The average molecular weight is 360 g/mol. The minimum Gasteiger partial charge on any atom is -0.493 e. The summed E-state index contributed by atoms with van der Waals surface area (Å²) in [5.74, 6) is -1.04. The molecule has 1 aromatic rings. The predicted octanol–water partition coefficient (Wildman–Crippen LogP) is 2.36. The molecule has 0 aliphatic carbocycles. The van der Waals surface area contributed by atoms with Crippen molar-refractivity contribution in [1.29, 1.82) is 0 Å². The molecule has 0 aliphatic heterocycles. The first-order chi connectivity index (χ1) is 11.4. The van der Waals surface area contributed by atoms with Crippen molar-refractivity contribution in [1.82, 2.24) is 5.32 Å². The van der Waals surface area contributed by atoms with Crippen LogP contribution in [0, 0.1) is 0 Å². The van der Waals surface area contributed by atoms with Gasteiger partial charge in [-0.05, 0) is 18.6 Å². The molecule has 1 atom stereocenters. The van der Waals surface area contributed by atoms with E-state index in [2.05, 4.69) is 5.32 Å². The summed E-state index contributed by atoms with van der Waals surface area (Å²) in [4.78, 5) is 23.5. The third kappa shape index (κ3) is 5.58. The molecule has 0 radical (unpaired) electrons. The number of hydrogen-bond acceptors (Lipinski definition) is 5. The Morgan fingerprint density at radius 1 is 1.29 bits per heavy atom. The SMILES string of the molecule is CCCOc1c(Cl)cc(C(=O)NC(CCOC)C(=O)O)cc1OC. The van der Waals surface area contributed by atoms with E-state index in [4.69, 9.17) is 30.9 Å². The fourth-order valence-corrected chi connectivity index (χ4v) is 2.20. The van der Waals surface area contributed by atoms with Gasteiger partial charge < -0.3 is 24.6 Å². The summed E-state index contributed by atoms with van der Waals surface area (Å²) in [5.41, 5.74) is 0.185. The smallest absolute Gasteiger partial charge is 0.326 e. The van der Waals surface area contributed by atoms with Crippen LogP contribution in [0.15, 0.2) is 12.1 Å². The van der Waals surface area contributed by atoms with Crippen molar-refractivity contribution in [3.8, 4) is 11.5 Å². The molecule has 2 N–H and O–H groups in total. The van der Waals surface area contributed by atoms with Crippen molar-refractivity contribution >= 4 is 23.5 Å². The molecule has 1 amide bonds. The molecule has 8 heteroatoms. The Hall–Kier alpha value is -1.99. The molecule has 0 aromatic heterocycles. The number of rotatable bonds is 10. The van der Waals surface area contributed by atoms with E-state index in [1.54, 1.807) is 0 Å². The maximum Gasteiger partial charge on any atom is 0.326 e. The number of hydrogen-bond donors (Lipinski definition) is 2. The highest BCUT2D eigenvalue weighted by molar-refractivity contribution is 6.32. The zero-order valence-electron chi connectivity index (χ0n) is 13.9. The minimum absolute atomic E-state index is 0.153. The Balaban J connectivity index is 2.97. The van der Waals surface area contributed by atoms with E-state index in [0.29, 0.717) is 18.1 Å². The van der Waals surface area contributed by atoms with E-state index in [-0.39, 0.29) is 23.6 Å². The molecule has 1 unspecified atom stereocenters. The Bertz CT molecular complexity index is 578. The average Bonchev–Trinajstić information content (AvgIpc) is 2.56. The van der Waals surface area contributed by atoms with Gasteiger partial charge in [0.05, 0.1) is 18.7 Å². The summed E-state index contributed by atoms with van der Waals surface area (Å²) in [6.45, 7) is 2.62. The molecule has 0 fully saturated rings. The maximum atomic E-state index is 12.3. The number of halogens is 1. The summed E-state index contributed by atoms with van der Waals surface area (Å²) in [7, 11) is 2.89. The minimum atomic E-state index is -1.14. The number of carboxylic acid groups (broad SMARTS) is 1. The third-order valence-corrected chi connectivity index (χ3v) is 3.44. The normalized spacial score (nSPS) is 11.7. The van der Waals surface area contributed by atoms with Crippen molar-refractivity contribution in [2.75, 3.05) is 27.4 Å². The Morgan fingerprint density at radius 3 is 2.54 bits per heavy atom. The van der Waals surface area contributed by atoms with Crippen molar-refractivity contribution < 1.29 is 28.9 Å². The number of carbonyl (C=O) groups excluding carboxylic acids is 1. The van der Waals surface area contributed by atoms with Crippen LogP contribution in [-0.2, 0) is 9.53 Å². The summed E-state index contributed by atoms with van der Waals surface area (Å²) in [5, 5.41) is 11.8. The second kappa shape index (κ2) is 10.00. The number of carboxylic acids is 1. The van der Waals surface area contributed by atoms with E-state index < -0.39 is 17.9 Å². The number of amides is 1. The van der Waals surface area contributed by atoms with Gasteiger partial charge in [-0.15, -0.1) is 0 Å². The quantitative estimate of drug-likeness (QED) is 0.666. The van der Waals surface area contributed by atoms with E-state index in [9.17, 15) is 9.59 Å². The lowest BCUT2D eigenvalue weighted by Crippen LogP contribution is -2.41. The van der Waals surface area contributed by atoms with Crippen molar-refractivity contribution in [2.24, 2.45) is 0 Å². The maximum absolute atomic E-state index is 12.3. The fraction of sp³-hybridized carbons (Fsp3) is 0.500. The van der Waals surface area contributed by atoms with E-state index >= 15 is 0 Å². The Morgan fingerprint density at radius 2 is 2.00 bits per heavy atom. The van der Waals surface area contributed by atoms with Crippen LogP contribution in [0.1, 0.15) is 30.1 Å². The van der Waals surface area contributed by atoms with Gasteiger partial charge in [-0.3, -0.25) is 4.79 Å². The lowest BCUT2D eigenvalue weighted by molar-refractivity contribution is -0.139. The molecule has 0 heterocycles. The molecule has 0 spiro atoms. The van der Waals surface area contributed by atoms with Crippen LogP contribution < -0.4 is 14.8 Å². The molecule has 0 saturated heterocycles. The van der Waals surface area contributed by atoms with Crippen LogP contribution in [0.5, 0.6) is 11.5 Å². The first kappa shape index (κ1) is 20.1. The van der Waals surface area contributed by atoms with Gasteiger partial charge >= 0.3 is 5.97 Å². The van der Waals surface area contributed by atoms with Crippen LogP contribution in [0.3, 0.4) is 0 Å². The van der Waals surface area contributed by atoms with Crippen LogP contribution in [-0.4, -0.2) is 50.5 Å². The van der Waals surface area contributed by atoms with Crippen molar-refractivity contribution in [3.63, 3.8) is 0 Å². The van der Waals surface area contributed by atoms with Crippen molar-refractivity contribution in [3.05, 3.63) is 22.7 Å². The number of benzene rings is 1. The third-order valence-electron chi connectivity index (χ3n) is 3.16. The highest BCUT2D eigenvalue weighted by Crippen LogP contribution is 2.36. The predicted molar refractivity (Wildman–Crippen MR) is 89.2 cm³/mol. The van der Waals surface area contributed by atoms with Crippen LogP contribution in [0.2, 0.25) is 5.02 Å². The van der Waals surface area contributed by atoms with Gasteiger partial charge in [0.2, 0.25) is 0 Å². The van der Waals surface area contributed by atoms with E-state index in [1.165, 1.54) is 26.4 Å². The molecule has 1 rings (SSSR count). The molecule has 0 saturated carbocycles. The highest BCUT2D eigenvalue weighted by atomic mass is 35.5. The zero-order chi connectivity index (χ0) is 18.1. The molecule has 134 valence electrons. The van der Waals surface area contributed by atoms with Gasteiger partial charge in [-0.1, -0.05) is 18.5 Å². The van der Waals surface area contributed by atoms with Crippen LogP contribution in [0.4, 0.5) is 0 Å². The molecule has 24 heavy (non-hydrogen) atoms. The number of methoxy groups -OCH3 is 2. The number of ether oxygens (including phenoxy) is 3. The lowest BCUT2D eigenvalue weighted by atomic mass is 10.1. The van der Waals surface area contributed by atoms with Crippen LogP contribution >= 0.6 is 11.6 Å².